The molecule has 8 amide bonds. The molecule has 4 fully saturated rings. The van der Waals surface area contributed by atoms with E-state index in [2.05, 4.69) is 19.4 Å². The van der Waals surface area contributed by atoms with Gasteiger partial charge in [-0.05, 0) is 25.7 Å². The number of nitrogens with one attached hydrogen (secondary N) is 2. The maximum absolute atomic E-state index is 12.0. The summed E-state index contributed by atoms with van der Waals surface area (Å²) in [4.78, 5) is 79.7. The van der Waals surface area contributed by atoms with E-state index in [1.165, 1.54) is 4.90 Å². The van der Waals surface area contributed by atoms with Crippen LogP contribution in [0.4, 0.5) is 9.59 Å². The average molecular weight is 629 g/mol. The Balaban J connectivity index is 0.000000408. The first-order valence-corrected chi connectivity index (χ1v) is 13.0. The third kappa shape index (κ3) is 8.83. The summed E-state index contributed by atoms with van der Waals surface area (Å²) < 4.78 is 34.3. The van der Waals surface area contributed by atoms with Crippen LogP contribution >= 0.6 is 0 Å². The van der Waals surface area contributed by atoms with Crippen LogP contribution < -0.4 is 22.4 Å². The summed E-state index contributed by atoms with van der Waals surface area (Å²) in [6.07, 6.45) is 1.48. The highest BCUT2D eigenvalue weighted by Crippen LogP contribution is 2.31. The Morgan fingerprint density at radius 2 is 1.24 bits per heavy atom. The molecule has 0 radical (unpaired) electrons. The fourth-order valence-corrected chi connectivity index (χ4v) is 4.91. The second kappa shape index (κ2) is 14.9. The topological polar surface area (TPSA) is 294 Å². The number of nitrogens with zero attached hydrogens (tertiary/aromatic N) is 4. The Kier molecular flexibility index (Phi) is 12.8. The summed E-state index contributed by atoms with van der Waals surface area (Å²) in [7, 11) is -4.84. The molecule has 4 aliphatic heterocycles. The molecule has 4 saturated heterocycles. The fourth-order valence-electron chi connectivity index (χ4n) is 4.52. The number of carbonyl (C=O) groups excluding carboxylic acids is 6. The monoisotopic (exact) mass is 628 g/mol. The Labute approximate surface area is 240 Å². The predicted octanol–water partition coefficient (Wildman–Crippen LogP) is -3.03. The summed E-state index contributed by atoms with van der Waals surface area (Å²) >= 11 is 0. The first-order valence-electron chi connectivity index (χ1n) is 11.6. The Bertz CT molecular complexity index is 1150. The van der Waals surface area contributed by atoms with Crippen molar-refractivity contribution in [1.82, 2.24) is 30.9 Å². The third-order valence-electron chi connectivity index (χ3n) is 6.22. The maximum Gasteiger partial charge on any atom is 0.418 e. The molecule has 4 atom stereocenters. The second-order valence-corrected chi connectivity index (χ2v) is 9.98. The van der Waals surface area contributed by atoms with E-state index in [0.29, 0.717) is 29.5 Å². The number of nitrogens with two attached hydrogens (primary N) is 2. The number of urea groups is 2. The smallest absolute Gasteiger partial charge is 0.368 e. The van der Waals surface area contributed by atoms with E-state index in [0.717, 1.165) is 4.90 Å². The molecule has 0 unspecified atom stereocenters. The van der Waals surface area contributed by atoms with Crippen LogP contribution in [-0.4, -0.2) is 124 Å². The lowest BCUT2D eigenvalue weighted by atomic mass is 10.0. The van der Waals surface area contributed by atoms with E-state index in [1.54, 1.807) is 0 Å². The standard InChI is InChI=1S/C9H14N4O8S.C9H14N4O5.2CH4/c10-7(14)4-20-11-8(15)6-2-1-5-3-12(6)9(16)13(5)21-22(17,18)19;10-7(14)4-18-11-8(15)6-2-1-5-3-12(6)9(16)13(5)17;;/h5-6H,1-4H2,(H2,10,14)(H,11,15)(H,17,18,19);5-6,17H,1-4H2,(H2,10,14)(H,11,15);2*1H4/t2*5-,6+;;/m11../s1. The van der Waals surface area contributed by atoms with Crippen molar-refractivity contribution in [2.75, 3.05) is 26.3 Å². The molecule has 4 heterocycles. The van der Waals surface area contributed by atoms with Gasteiger partial charge in [0.1, 0.15) is 12.1 Å². The molecule has 42 heavy (non-hydrogen) atoms. The number of hydrogen-bond donors (Lipinski definition) is 6. The highest BCUT2D eigenvalue weighted by molar-refractivity contribution is 7.80. The van der Waals surface area contributed by atoms with Crippen LogP contribution in [0.2, 0.25) is 0 Å². The molecular weight excluding hydrogens is 592 g/mol. The second-order valence-electron chi connectivity index (χ2n) is 8.98. The van der Waals surface area contributed by atoms with E-state index in [1.807, 2.05) is 5.48 Å². The van der Waals surface area contributed by atoms with Crippen LogP contribution in [-0.2, 0) is 43.5 Å². The van der Waals surface area contributed by atoms with Gasteiger partial charge in [-0.2, -0.15) is 13.5 Å². The lowest BCUT2D eigenvalue weighted by Gasteiger charge is -2.28. The van der Waals surface area contributed by atoms with Crippen molar-refractivity contribution in [3.8, 4) is 0 Å². The van der Waals surface area contributed by atoms with Gasteiger partial charge in [-0.1, -0.05) is 14.9 Å². The summed E-state index contributed by atoms with van der Waals surface area (Å²) in [5, 5.41) is 10.6. The number of hydrogen-bond acceptors (Lipinski definition) is 12. The molecule has 4 bridgehead atoms. The van der Waals surface area contributed by atoms with Crippen molar-refractivity contribution >= 4 is 46.1 Å². The van der Waals surface area contributed by atoms with Crippen molar-refractivity contribution in [2.45, 2.75) is 64.7 Å². The molecule has 0 aromatic carbocycles. The summed E-state index contributed by atoms with van der Waals surface area (Å²) in [6.45, 7) is -0.584. The quantitative estimate of drug-likeness (QED) is 0.0798. The van der Waals surface area contributed by atoms with Crippen molar-refractivity contribution in [3.63, 3.8) is 0 Å². The normalized spacial score (nSPS) is 24.1. The van der Waals surface area contributed by atoms with Gasteiger partial charge in [0.15, 0.2) is 13.2 Å². The maximum atomic E-state index is 12.0. The number of primary amides is 2. The largest absolute Gasteiger partial charge is 0.418 e. The van der Waals surface area contributed by atoms with Crippen molar-refractivity contribution in [3.05, 3.63) is 0 Å². The van der Waals surface area contributed by atoms with E-state index in [-0.39, 0.29) is 40.3 Å². The minimum Gasteiger partial charge on any atom is -0.368 e. The van der Waals surface area contributed by atoms with Crippen molar-refractivity contribution in [1.29, 1.82) is 0 Å². The number of fused-ring (bicyclic) bond motifs is 4. The minimum absolute atomic E-state index is 0. The van der Waals surface area contributed by atoms with Gasteiger partial charge < -0.3 is 21.3 Å². The molecule has 4 rings (SSSR count). The zero-order valence-corrected chi connectivity index (χ0v) is 21.5. The lowest BCUT2D eigenvalue weighted by Crippen LogP contribution is -2.50. The van der Waals surface area contributed by atoms with Crippen LogP contribution in [0.1, 0.15) is 40.5 Å². The Morgan fingerprint density at radius 1 is 0.810 bits per heavy atom. The SMILES string of the molecule is C.C.NC(=O)CONC(=O)[C@@H]1CC[C@@H]2CN1C(=O)N2O.NC(=O)CONC(=O)[C@@H]1CC[C@@H]2CN1C(=O)N2OS(=O)(=O)O. The molecule has 0 aliphatic carbocycles. The van der Waals surface area contributed by atoms with Gasteiger partial charge in [0.05, 0.1) is 12.1 Å². The molecule has 8 N–H and O–H groups in total. The first kappa shape index (κ1) is 36.2. The van der Waals surface area contributed by atoms with Crippen molar-refractivity contribution in [2.24, 2.45) is 11.5 Å². The number of rotatable bonds is 10. The average Bonchev–Trinajstić information content (AvgIpc) is 3.23. The van der Waals surface area contributed by atoms with Crippen LogP contribution in [0.3, 0.4) is 0 Å². The van der Waals surface area contributed by atoms with Crippen LogP contribution in [0, 0.1) is 0 Å². The lowest BCUT2D eigenvalue weighted by molar-refractivity contribution is -0.143. The predicted molar refractivity (Wildman–Crippen MR) is 136 cm³/mol. The molecule has 21 nitrogen and oxygen atoms in total. The molecule has 0 spiro atoms. The Morgan fingerprint density at radius 3 is 1.69 bits per heavy atom. The van der Waals surface area contributed by atoms with Crippen molar-refractivity contribution < 1.29 is 60.9 Å². The fraction of sp³-hybridized carbons (Fsp3) is 0.700. The van der Waals surface area contributed by atoms with Gasteiger partial charge >= 0.3 is 22.5 Å². The Hall–Kier alpha value is -3.83. The zero-order chi connectivity index (χ0) is 29.8. The number of amides is 8. The molecule has 240 valence electrons. The number of hydroxylamine groups is 6. The molecule has 0 aromatic heterocycles. The highest BCUT2D eigenvalue weighted by atomic mass is 32.3. The third-order valence-corrected chi connectivity index (χ3v) is 6.57. The van der Waals surface area contributed by atoms with E-state index in [4.69, 9.17) is 16.0 Å². The zero-order valence-electron chi connectivity index (χ0n) is 20.7. The van der Waals surface area contributed by atoms with E-state index >= 15 is 0 Å². The van der Waals surface area contributed by atoms with Gasteiger partial charge in [0.2, 0.25) is 11.8 Å². The molecular formula is C20H36N8O13S. The van der Waals surface area contributed by atoms with E-state index in [9.17, 15) is 42.4 Å². The molecule has 22 heteroatoms. The van der Waals surface area contributed by atoms with Crippen LogP contribution in [0.15, 0.2) is 0 Å². The van der Waals surface area contributed by atoms with Gasteiger partial charge in [0, 0.05) is 13.1 Å². The highest BCUT2D eigenvalue weighted by Gasteiger charge is 2.49. The van der Waals surface area contributed by atoms with Gasteiger partial charge in [-0.25, -0.2) is 25.6 Å². The summed E-state index contributed by atoms with van der Waals surface area (Å²) in [5.41, 5.74) is 13.7. The number of piperidine rings is 2. The molecule has 4 aliphatic rings. The van der Waals surface area contributed by atoms with E-state index < -0.39 is 77.4 Å². The van der Waals surface area contributed by atoms with Crippen LogP contribution in [0.25, 0.3) is 0 Å². The van der Waals surface area contributed by atoms with Gasteiger partial charge in [-0.3, -0.25) is 38.6 Å². The summed E-state index contributed by atoms with van der Waals surface area (Å²) in [6, 6.07) is -3.91. The molecule has 0 aromatic rings. The molecule has 0 saturated carbocycles. The van der Waals surface area contributed by atoms with Gasteiger partial charge in [-0.15, -0.1) is 4.28 Å². The summed E-state index contributed by atoms with van der Waals surface area (Å²) in [5.74, 6) is -2.70. The van der Waals surface area contributed by atoms with Gasteiger partial charge in [0.25, 0.3) is 11.8 Å². The number of carbonyl (C=O) groups is 6. The first-order chi connectivity index (χ1) is 18.7. The minimum atomic E-state index is -4.84. The van der Waals surface area contributed by atoms with Crippen LogP contribution in [0.5, 0.6) is 0 Å².